The molecule has 0 atom stereocenters. The molecule has 2 aliphatic rings. The van der Waals surface area contributed by atoms with E-state index in [0.717, 1.165) is 32.7 Å². The average Bonchev–Trinajstić information content (AvgIpc) is 3.51. The van der Waals surface area contributed by atoms with Crippen LogP contribution in [0.3, 0.4) is 0 Å². The van der Waals surface area contributed by atoms with Gasteiger partial charge >= 0.3 is 6.98 Å². The summed E-state index contributed by atoms with van der Waals surface area (Å²) in [6.45, 7) is -0.0311. The van der Waals surface area contributed by atoms with E-state index < -0.39 is 7.14 Å². The molecule has 9 rings (SSSR count). The summed E-state index contributed by atoms with van der Waals surface area (Å²) in [7, 11) is -3.10. The van der Waals surface area contributed by atoms with Gasteiger partial charge < -0.3 is 14.2 Å². The van der Waals surface area contributed by atoms with Crippen LogP contribution < -0.4 is 31.0 Å². The first-order chi connectivity index (χ1) is 23.2. The van der Waals surface area contributed by atoms with Crippen molar-refractivity contribution < 1.29 is 4.57 Å². The molecule has 0 bridgehead atoms. The highest BCUT2D eigenvalue weighted by atomic mass is 31.2. The highest BCUT2D eigenvalue weighted by Gasteiger charge is 2.47. The third-order valence-electron chi connectivity index (χ3n) is 9.49. The van der Waals surface area contributed by atoms with Crippen LogP contribution in [0.25, 0.3) is 22.3 Å². The molecule has 0 aromatic heterocycles. The molecule has 2 aliphatic heterocycles. The predicted molar refractivity (Wildman–Crippen MR) is 199 cm³/mol. The Morgan fingerprint density at radius 1 is 0.404 bits per heavy atom. The van der Waals surface area contributed by atoms with Gasteiger partial charge in [0.1, 0.15) is 0 Å². The molecular formula is C42H30BN2OP. The third-order valence-corrected chi connectivity index (χ3v) is 12.5. The molecule has 0 fully saturated rings. The number of anilines is 4. The first-order valence-corrected chi connectivity index (χ1v) is 17.7. The molecule has 7 aromatic rings. The zero-order valence-electron chi connectivity index (χ0n) is 25.6. The topological polar surface area (TPSA) is 23.6 Å². The van der Waals surface area contributed by atoms with Gasteiger partial charge in [-0.25, -0.2) is 0 Å². The summed E-state index contributed by atoms with van der Waals surface area (Å²) in [5.74, 6) is 0. The van der Waals surface area contributed by atoms with Crippen molar-refractivity contribution >= 4 is 58.3 Å². The summed E-state index contributed by atoms with van der Waals surface area (Å²) in [6.07, 6.45) is 0. The van der Waals surface area contributed by atoms with Crippen molar-refractivity contribution in [2.45, 2.75) is 0 Å². The predicted octanol–water partition coefficient (Wildman–Crippen LogP) is 8.66. The van der Waals surface area contributed by atoms with Crippen LogP contribution in [0.1, 0.15) is 0 Å². The van der Waals surface area contributed by atoms with Gasteiger partial charge in [0.15, 0.2) is 7.14 Å². The van der Waals surface area contributed by atoms with E-state index >= 15 is 4.57 Å². The Balaban J connectivity index is 1.19. The van der Waals surface area contributed by atoms with Crippen LogP contribution in [-0.4, -0.2) is 6.98 Å². The quantitative estimate of drug-likeness (QED) is 0.142. The number of benzene rings is 7. The Bertz CT molecular complexity index is 2280. The van der Waals surface area contributed by atoms with Gasteiger partial charge in [-0.3, -0.25) is 0 Å². The number of nitrogens with zero attached hydrogens (tertiary/aromatic N) is 2. The minimum atomic E-state index is -3.10. The second-order valence-electron chi connectivity index (χ2n) is 12.1. The molecule has 0 amide bonds. The fraction of sp³-hybridized carbons (Fsp3) is 0. The monoisotopic (exact) mass is 620 g/mol. The average molecular weight is 621 g/mol. The fourth-order valence-corrected chi connectivity index (χ4v) is 10.1. The van der Waals surface area contributed by atoms with E-state index in [0.29, 0.717) is 0 Å². The number of fused-ring (bicyclic) bond motifs is 8. The van der Waals surface area contributed by atoms with Crippen LogP contribution in [0.15, 0.2) is 182 Å². The van der Waals surface area contributed by atoms with Gasteiger partial charge in [0.25, 0.3) is 0 Å². The molecule has 0 saturated heterocycles. The molecule has 0 radical (unpaired) electrons. The zero-order chi connectivity index (χ0) is 31.4. The second-order valence-corrected chi connectivity index (χ2v) is 14.9. The highest BCUT2D eigenvalue weighted by Crippen LogP contribution is 2.51. The lowest BCUT2D eigenvalue weighted by molar-refractivity contribution is 0.592. The van der Waals surface area contributed by atoms with Crippen LogP contribution >= 0.6 is 7.14 Å². The summed E-state index contributed by atoms with van der Waals surface area (Å²) < 4.78 is 15.2. The normalized spacial score (nSPS) is 13.1. The van der Waals surface area contributed by atoms with Crippen molar-refractivity contribution in [3.8, 4) is 22.3 Å². The van der Waals surface area contributed by atoms with Crippen molar-refractivity contribution in [3.05, 3.63) is 182 Å². The van der Waals surface area contributed by atoms with Gasteiger partial charge in [-0.2, -0.15) is 0 Å². The van der Waals surface area contributed by atoms with Gasteiger partial charge in [0.2, 0.25) is 0 Å². The maximum atomic E-state index is 15.2. The van der Waals surface area contributed by atoms with E-state index in [1.165, 1.54) is 33.7 Å². The molecular weight excluding hydrogens is 590 g/mol. The zero-order valence-corrected chi connectivity index (χ0v) is 26.5. The summed E-state index contributed by atoms with van der Waals surface area (Å²) in [5, 5.41) is 2.50. The minimum absolute atomic E-state index is 0.0311. The second kappa shape index (κ2) is 11.1. The maximum absolute atomic E-state index is 15.2. The molecule has 3 nitrogen and oxygen atoms in total. The van der Waals surface area contributed by atoms with Gasteiger partial charge in [-0.05, 0) is 58.6 Å². The van der Waals surface area contributed by atoms with Crippen molar-refractivity contribution in [3.63, 3.8) is 0 Å². The van der Waals surface area contributed by atoms with E-state index in [1.54, 1.807) is 0 Å². The molecule has 0 N–H and O–H groups in total. The molecule has 0 aliphatic carbocycles. The Kier molecular flexibility index (Phi) is 6.52. The summed E-state index contributed by atoms with van der Waals surface area (Å²) in [4.78, 5) is 4.95. The first-order valence-electron chi connectivity index (χ1n) is 16.0. The van der Waals surface area contributed by atoms with E-state index in [1.807, 2.05) is 72.8 Å². The Hall–Kier alpha value is -5.57. The standard InChI is InChI=1S/C42H30BN2OP/c46-47(34-18-3-1-4-19-34,35-20-5-2-6-21-35)36-22-14-16-32(30-36)31-15-13-17-33(29-31)44-41-27-11-12-28-42(41)45-40-26-10-8-24-38(40)37-23-7-9-25-39(37)43(44)45/h1-30H. The molecule has 0 spiro atoms. The largest absolute Gasteiger partial charge is 0.421 e. The van der Waals surface area contributed by atoms with Crippen LogP contribution in [0, 0.1) is 0 Å². The molecule has 2 heterocycles. The minimum Gasteiger partial charge on any atom is -0.360 e. The lowest BCUT2D eigenvalue weighted by Crippen LogP contribution is -2.55. The summed E-state index contributed by atoms with van der Waals surface area (Å²) >= 11 is 0. The van der Waals surface area contributed by atoms with Crippen LogP contribution in [0.2, 0.25) is 0 Å². The molecule has 7 aromatic carbocycles. The Labute approximate surface area is 275 Å². The van der Waals surface area contributed by atoms with Crippen LogP contribution in [-0.2, 0) is 4.57 Å². The van der Waals surface area contributed by atoms with E-state index in [2.05, 4.69) is 119 Å². The molecule has 5 heteroatoms. The van der Waals surface area contributed by atoms with Crippen molar-refractivity contribution in [1.82, 2.24) is 0 Å². The first kappa shape index (κ1) is 27.7. The van der Waals surface area contributed by atoms with Gasteiger partial charge in [-0.15, -0.1) is 0 Å². The lowest BCUT2D eigenvalue weighted by Gasteiger charge is -2.36. The van der Waals surface area contributed by atoms with E-state index in [4.69, 9.17) is 0 Å². The van der Waals surface area contributed by atoms with Gasteiger partial charge in [0.05, 0.1) is 11.4 Å². The number of hydrogen-bond acceptors (Lipinski definition) is 3. The smallest absolute Gasteiger partial charge is 0.360 e. The van der Waals surface area contributed by atoms with Crippen molar-refractivity contribution in [2.75, 3.05) is 9.62 Å². The molecule has 222 valence electrons. The maximum Gasteiger partial charge on any atom is 0.421 e. The van der Waals surface area contributed by atoms with Crippen molar-refractivity contribution in [1.29, 1.82) is 0 Å². The number of rotatable bonds is 5. The Morgan fingerprint density at radius 2 is 0.915 bits per heavy atom. The molecule has 0 unspecified atom stereocenters. The molecule has 0 saturated carbocycles. The van der Waals surface area contributed by atoms with Gasteiger partial charge in [0, 0.05) is 32.9 Å². The van der Waals surface area contributed by atoms with E-state index in [9.17, 15) is 0 Å². The highest BCUT2D eigenvalue weighted by molar-refractivity contribution is 7.85. The summed E-state index contributed by atoms with van der Waals surface area (Å²) in [5.41, 5.74) is 10.6. The van der Waals surface area contributed by atoms with Crippen LogP contribution in [0.4, 0.5) is 22.7 Å². The van der Waals surface area contributed by atoms with E-state index in [-0.39, 0.29) is 6.98 Å². The lowest BCUT2D eigenvalue weighted by atomic mass is 9.59. The van der Waals surface area contributed by atoms with Crippen LogP contribution in [0.5, 0.6) is 0 Å². The number of para-hydroxylation sites is 3. The van der Waals surface area contributed by atoms with Gasteiger partial charge in [-0.1, -0.05) is 146 Å². The SMILES string of the molecule is O=P(c1ccccc1)(c1ccccc1)c1cccc(-c2cccc(N3B4c5ccccc5-c5ccccc5N4c4ccccc43)c2)c1. The fourth-order valence-electron chi connectivity index (χ4n) is 7.39. The Morgan fingerprint density at radius 3 is 1.62 bits per heavy atom. The molecule has 47 heavy (non-hydrogen) atoms. The number of hydrogen-bond donors (Lipinski definition) is 0. The summed E-state index contributed by atoms with van der Waals surface area (Å²) in [6, 6.07) is 63.0. The van der Waals surface area contributed by atoms with Crippen molar-refractivity contribution in [2.24, 2.45) is 0 Å². The third kappa shape index (κ3) is 4.33.